The van der Waals surface area contributed by atoms with Crippen LogP contribution in [-0.2, 0) is 0 Å². The Morgan fingerprint density at radius 1 is 1.03 bits per heavy atom. The molecule has 0 fully saturated rings. The number of pyridine rings is 2. The van der Waals surface area contributed by atoms with Gasteiger partial charge in [0.05, 0.1) is 23.3 Å². The van der Waals surface area contributed by atoms with Crippen molar-refractivity contribution in [3.8, 4) is 22.7 Å². The third kappa shape index (κ3) is 3.57. The maximum absolute atomic E-state index is 13.4. The van der Waals surface area contributed by atoms with E-state index in [9.17, 15) is 4.79 Å². The lowest BCUT2D eigenvalue weighted by Gasteiger charge is -2.15. The first-order valence-corrected chi connectivity index (χ1v) is 9.81. The van der Waals surface area contributed by atoms with Crippen molar-refractivity contribution in [3.05, 3.63) is 90.4 Å². The van der Waals surface area contributed by atoms with Crippen LogP contribution in [-0.4, -0.2) is 21.0 Å². The molecule has 152 valence electrons. The second-order valence-electron chi connectivity index (χ2n) is 7.09. The molecule has 4 aromatic heterocycles. The second kappa shape index (κ2) is 7.87. The molecule has 1 amide bonds. The van der Waals surface area contributed by atoms with Crippen molar-refractivity contribution in [1.82, 2.24) is 20.4 Å². The molecule has 0 aliphatic carbocycles. The van der Waals surface area contributed by atoms with Gasteiger partial charge < -0.3 is 14.3 Å². The minimum Gasteiger partial charge on any atom is -0.463 e. The number of aromatic nitrogens is 3. The van der Waals surface area contributed by atoms with Crippen LogP contribution in [0.15, 0.2) is 88.3 Å². The van der Waals surface area contributed by atoms with Crippen LogP contribution in [0.5, 0.6) is 0 Å². The average molecular weight is 410 g/mol. The summed E-state index contributed by atoms with van der Waals surface area (Å²) in [4.78, 5) is 22.0. The van der Waals surface area contributed by atoms with Crippen molar-refractivity contribution < 1.29 is 13.7 Å². The SMILES string of the molecule is C[C@H](NC(=O)c1cc(-c2ccco2)nc2onc(-c3ccccc3)c12)c1ccncc1. The van der Waals surface area contributed by atoms with E-state index in [1.165, 1.54) is 0 Å². The quantitative estimate of drug-likeness (QED) is 0.436. The van der Waals surface area contributed by atoms with Crippen molar-refractivity contribution in [1.29, 1.82) is 0 Å². The molecule has 1 aromatic carbocycles. The summed E-state index contributed by atoms with van der Waals surface area (Å²) in [5, 5.41) is 7.82. The van der Waals surface area contributed by atoms with Gasteiger partial charge in [-0.1, -0.05) is 35.5 Å². The summed E-state index contributed by atoms with van der Waals surface area (Å²) < 4.78 is 11.0. The number of carbonyl (C=O) groups is 1. The van der Waals surface area contributed by atoms with Crippen molar-refractivity contribution in [2.45, 2.75) is 13.0 Å². The smallest absolute Gasteiger partial charge is 0.259 e. The monoisotopic (exact) mass is 410 g/mol. The highest BCUT2D eigenvalue weighted by Crippen LogP contribution is 2.33. The fraction of sp³-hybridized carbons (Fsp3) is 0.0833. The Labute approximate surface area is 177 Å². The number of nitrogens with zero attached hydrogens (tertiary/aromatic N) is 3. The van der Waals surface area contributed by atoms with E-state index in [1.807, 2.05) is 49.4 Å². The molecule has 0 saturated heterocycles. The van der Waals surface area contributed by atoms with Gasteiger partial charge >= 0.3 is 0 Å². The molecule has 0 aliphatic rings. The zero-order chi connectivity index (χ0) is 21.2. The Morgan fingerprint density at radius 3 is 2.58 bits per heavy atom. The molecule has 7 nitrogen and oxygen atoms in total. The van der Waals surface area contributed by atoms with Gasteiger partial charge in [0.2, 0.25) is 0 Å². The predicted octanol–water partition coefficient (Wildman–Crippen LogP) is 5.04. The molecule has 1 atom stereocenters. The van der Waals surface area contributed by atoms with Crippen LogP contribution in [0.25, 0.3) is 33.8 Å². The van der Waals surface area contributed by atoms with Crippen LogP contribution < -0.4 is 5.32 Å². The van der Waals surface area contributed by atoms with E-state index in [2.05, 4.69) is 20.4 Å². The van der Waals surface area contributed by atoms with E-state index in [4.69, 9.17) is 8.94 Å². The standard InChI is InChI=1S/C24H18N4O3/c1-15(16-9-11-25-12-10-16)26-23(29)18-14-19(20-8-5-13-30-20)27-24-21(18)22(28-31-24)17-6-3-2-4-7-17/h2-15H,1H3,(H,26,29)/t15-/m0/s1. The highest BCUT2D eigenvalue weighted by molar-refractivity contribution is 6.10. The lowest BCUT2D eigenvalue weighted by Crippen LogP contribution is -2.27. The number of benzene rings is 1. The molecule has 31 heavy (non-hydrogen) atoms. The Bertz CT molecular complexity index is 1330. The molecule has 0 saturated carbocycles. The first-order valence-electron chi connectivity index (χ1n) is 9.81. The van der Waals surface area contributed by atoms with Crippen LogP contribution in [0.2, 0.25) is 0 Å². The minimum absolute atomic E-state index is 0.217. The van der Waals surface area contributed by atoms with Crippen molar-refractivity contribution in [2.24, 2.45) is 0 Å². The predicted molar refractivity (Wildman–Crippen MR) is 115 cm³/mol. The van der Waals surface area contributed by atoms with E-state index < -0.39 is 0 Å². The van der Waals surface area contributed by atoms with Crippen LogP contribution in [0, 0.1) is 0 Å². The van der Waals surface area contributed by atoms with E-state index in [0.717, 1.165) is 11.1 Å². The molecule has 7 heteroatoms. The molecular formula is C24H18N4O3. The molecule has 0 radical (unpaired) electrons. The van der Waals surface area contributed by atoms with Gasteiger partial charge in [0, 0.05) is 18.0 Å². The normalized spacial score (nSPS) is 12.0. The van der Waals surface area contributed by atoms with Crippen LogP contribution in [0.1, 0.15) is 28.9 Å². The van der Waals surface area contributed by atoms with Crippen molar-refractivity contribution >= 4 is 17.0 Å². The summed E-state index contributed by atoms with van der Waals surface area (Å²) in [5.74, 6) is 0.278. The third-order valence-electron chi connectivity index (χ3n) is 5.07. The van der Waals surface area contributed by atoms with Crippen LogP contribution >= 0.6 is 0 Å². The second-order valence-corrected chi connectivity index (χ2v) is 7.09. The van der Waals surface area contributed by atoms with Gasteiger partial charge in [-0.3, -0.25) is 9.78 Å². The fourth-order valence-corrected chi connectivity index (χ4v) is 3.48. The molecule has 0 bridgehead atoms. The Morgan fingerprint density at radius 2 is 1.84 bits per heavy atom. The third-order valence-corrected chi connectivity index (χ3v) is 5.07. The van der Waals surface area contributed by atoms with Crippen LogP contribution in [0.4, 0.5) is 0 Å². The lowest BCUT2D eigenvalue weighted by molar-refractivity contribution is 0.0941. The van der Waals surface area contributed by atoms with Crippen LogP contribution in [0.3, 0.4) is 0 Å². The Kier molecular flexibility index (Phi) is 4.76. The lowest BCUT2D eigenvalue weighted by atomic mass is 10.0. The highest BCUT2D eigenvalue weighted by Gasteiger charge is 2.23. The molecule has 0 aliphatic heterocycles. The Hall–Kier alpha value is -4.26. The summed E-state index contributed by atoms with van der Waals surface area (Å²) in [6, 6.07) is 18.3. The summed E-state index contributed by atoms with van der Waals surface area (Å²) >= 11 is 0. The molecule has 4 heterocycles. The van der Waals surface area contributed by atoms with Crippen molar-refractivity contribution in [3.63, 3.8) is 0 Å². The topological polar surface area (TPSA) is 94.1 Å². The minimum atomic E-state index is -0.259. The number of amides is 1. The summed E-state index contributed by atoms with van der Waals surface area (Å²) in [6.07, 6.45) is 4.96. The van der Waals surface area contributed by atoms with Gasteiger partial charge in [-0.05, 0) is 42.8 Å². The zero-order valence-electron chi connectivity index (χ0n) is 16.6. The number of rotatable bonds is 5. The number of hydrogen-bond acceptors (Lipinski definition) is 6. The number of carbonyl (C=O) groups excluding carboxylic acids is 1. The first-order chi connectivity index (χ1) is 15.2. The molecular weight excluding hydrogens is 392 g/mol. The average Bonchev–Trinajstić information content (AvgIpc) is 3.50. The van der Waals surface area contributed by atoms with Gasteiger partial charge in [-0.2, -0.15) is 0 Å². The summed E-state index contributed by atoms with van der Waals surface area (Å²) in [5.41, 5.74) is 3.54. The summed E-state index contributed by atoms with van der Waals surface area (Å²) in [6.45, 7) is 1.92. The highest BCUT2D eigenvalue weighted by atomic mass is 16.5. The molecule has 5 aromatic rings. The first kappa shape index (κ1) is 18.7. The van der Waals surface area contributed by atoms with Gasteiger partial charge in [-0.15, -0.1) is 0 Å². The molecule has 0 spiro atoms. The number of hydrogen-bond donors (Lipinski definition) is 1. The van der Waals surface area contributed by atoms with Gasteiger partial charge in [-0.25, -0.2) is 4.98 Å². The zero-order valence-corrected chi connectivity index (χ0v) is 16.6. The number of furan rings is 1. The van der Waals surface area contributed by atoms with E-state index >= 15 is 0 Å². The molecule has 1 N–H and O–H groups in total. The van der Waals surface area contributed by atoms with Gasteiger partial charge in [0.15, 0.2) is 5.76 Å². The largest absolute Gasteiger partial charge is 0.463 e. The van der Waals surface area contributed by atoms with E-state index in [0.29, 0.717) is 28.1 Å². The number of nitrogens with one attached hydrogen (secondary N) is 1. The van der Waals surface area contributed by atoms with Crippen molar-refractivity contribution in [2.75, 3.05) is 0 Å². The van der Waals surface area contributed by atoms with E-state index in [1.54, 1.807) is 36.9 Å². The summed E-state index contributed by atoms with van der Waals surface area (Å²) in [7, 11) is 0. The Balaban J connectivity index is 1.63. The number of fused-ring (bicyclic) bond motifs is 1. The molecule has 0 unspecified atom stereocenters. The van der Waals surface area contributed by atoms with Gasteiger partial charge in [0.25, 0.3) is 11.6 Å². The fourth-order valence-electron chi connectivity index (χ4n) is 3.48. The maximum Gasteiger partial charge on any atom is 0.259 e. The molecule has 5 rings (SSSR count). The maximum atomic E-state index is 13.4. The van der Waals surface area contributed by atoms with E-state index in [-0.39, 0.29) is 17.7 Å². The van der Waals surface area contributed by atoms with Gasteiger partial charge in [0.1, 0.15) is 11.4 Å².